The van der Waals surface area contributed by atoms with Crippen molar-refractivity contribution in [3.8, 4) is 11.3 Å². The van der Waals surface area contributed by atoms with Crippen molar-refractivity contribution in [3.63, 3.8) is 0 Å². The van der Waals surface area contributed by atoms with E-state index in [1.807, 2.05) is 50.2 Å². The third-order valence-corrected chi connectivity index (χ3v) is 2.36. The first-order valence-corrected chi connectivity index (χ1v) is 4.73. The fourth-order valence-electron chi connectivity index (χ4n) is 1.36. The summed E-state index contributed by atoms with van der Waals surface area (Å²) >= 11 is 0. The fourth-order valence-corrected chi connectivity index (χ4v) is 1.36. The van der Waals surface area contributed by atoms with Crippen LogP contribution in [0.2, 0.25) is 0 Å². The zero-order valence-electron chi connectivity index (χ0n) is 8.45. The number of rotatable bonds is 1. The lowest BCUT2D eigenvalue weighted by Crippen LogP contribution is -1.82. The molecular formula is C13H13O+. The van der Waals surface area contributed by atoms with E-state index in [9.17, 15) is 0 Å². The second-order valence-electron chi connectivity index (χ2n) is 3.40. The fraction of sp³-hybridized carbons (Fsp3) is 0.154. The molecule has 0 radical (unpaired) electrons. The minimum absolute atomic E-state index is 0.925. The van der Waals surface area contributed by atoms with Crippen LogP contribution >= 0.6 is 0 Å². The Kier molecular flexibility index (Phi) is 2.32. The monoisotopic (exact) mass is 185 g/mol. The zero-order chi connectivity index (χ0) is 9.97. The predicted octanol–water partition coefficient (Wildman–Crippen LogP) is 3.84. The van der Waals surface area contributed by atoms with Gasteiger partial charge in [0.2, 0.25) is 0 Å². The highest BCUT2D eigenvalue weighted by atomic mass is 16.3. The van der Waals surface area contributed by atoms with Gasteiger partial charge in [-0.2, -0.15) is 0 Å². The van der Waals surface area contributed by atoms with Crippen LogP contribution in [0.4, 0.5) is 0 Å². The largest absolute Gasteiger partial charge is 0.360 e. The second-order valence-corrected chi connectivity index (χ2v) is 3.40. The van der Waals surface area contributed by atoms with E-state index in [0.717, 1.165) is 17.1 Å². The normalized spacial score (nSPS) is 10.1. The third-order valence-electron chi connectivity index (χ3n) is 2.36. The first-order chi connectivity index (χ1) is 6.77. The molecule has 2 rings (SSSR count). The summed E-state index contributed by atoms with van der Waals surface area (Å²) in [5, 5.41) is 0. The minimum atomic E-state index is 0.925. The predicted molar refractivity (Wildman–Crippen MR) is 58.0 cm³/mol. The smallest absolute Gasteiger partial charge is 0.212 e. The van der Waals surface area contributed by atoms with E-state index in [1.54, 1.807) is 0 Å². The van der Waals surface area contributed by atoms with Crippen molar-refractivity contribution < 1.29 is 4.42 Å². The van der Waals surface area contributed by atoms with Crippen molar-refractivity contribution in [3.05, 3.63) is 53.8 Å². The van der Waals surface area contributed by atoms with Gasteiger partial charge in [0.05, 0.1) is 12.5 Å². The molecule has 14 heavy (non-hydrogen) atoms. The zero-order valence-corrected chi connectivity index (χ0v) is 8.45. The van der Waals surface area contributed by atoms with Gasteiger partial charge in [-0.3, -0.25) is 0 Å². The molecule has 0 aliphatic rings. The highest BCUT2D eigenvalue weighted by Crippen LogP contribution is 2.21. The van der Waals surface area contributed by atoms with Crippen LogP contribution in [0.15, 0.2) is 46.9 Å². The Bertz CT molecular complexity index is 432. The molecule has 0 aliphatic heterocycles. The minimum Gasteiger partial charge on any atom is -0.212 e. The van der Waals surface area contributed by atoms with Gasteiger partial charge in [-0.05, 0) is 25.1 Å². The maximum absolute atomic E-state index is 5.69. The van der Waals surface area contributed by atoms with E-state index in [-0.39, 0.29) is 0 Å². The van der Waals surface area contributed by atoms with Crippen molar-refractivity contribution in [2.24, 2.45) is 0 Å². The van der Waals surface area contributed by atoms with Gasteiger partial charge in [-0.15, -0.1) is 0 Å². The highest BCUT2D eigenvalue weighted by Gasteiger charge is 2.13. The Balaban J connectivity index is 2.48. The third kappa shape index (κ3) is 1.67. The summed E-state index contributed by atoms with van der Waals surface area (Å²) in [6, 6.07) is 14.2. The molecule has 0 atom stereocenters. The molecule has 0 fully saturated rings. The molecule has 0 aliphatic carbocycles. The lowest BCUT2D eigenvalue weighted by molar-refractivity contribution is 0.526. The van der Waals surface area contributed by atoms with E-state index < -0.39 is 0 Å². The highest BCUT2D eigenvalue weighted by molar-refractivity contribution is 5.56. The van der Waals surface area contributed by atoms with Crippen LogP contribution in [-0.4, -0.2) is 0 Å². The van der Waals surface area contributed by atoms with Crippen molar-refractivity contribution in [2.75, 3.05) is 0 Å². The summed E-state index contributed by atoms with van der Waals surface area (Å²) in [7, 11) is 0. The van der Waals surface area contributed by atoms with E-state index >= 15 is 0 Å². The second kappa shape index (κ2) is 3.62. The van der Waals surface area contributed by atoms with Crippen LogP contribution in [-0.2, 0) is 0 Å². The van der Waals surface area contributed by atoms with Gasteiger partial charge in [0.1, 0.15) is 0 Å². The summed E-state index contributed by atoms with van der Waals surface area (Å²) in [6.07, 6.45) is 0. The molecule has 0 amide bonds. The van der Waals surface area contributed by atoms with E-state index in [4.69, 9.17) is 4.42 Å². The molecule has 2 aromatic rings. The topological polar surface area (TPSA) is 11.3 Å². The summed E-state index contributed by atoms with van der Waals surface area (Å²) in [4.78, 5) is 0. The molecule has 0 spiro atoms. The van der Waals surface area contributed by atoms with Gasteiger partial charge in [-0.1, -0.05) is 18.2 Å². The molecule has 0 unspecified atom stereocenters. The van der Waals surface area contributed by atoms with E-state index in [0.29, 0.717) is 0 Å². The Morgan fingerprint density at radius 3 is 2.21 bits per heavy atom. The van der Waals surface area contributed by atoms with Crippen molar-refractivity contribution in [1.82, 2.24) is 0 Å². The summed E-state index contributed by atoms with van der Waals surface area (Å²) in [5.74, 6) is 1.90. The average Bonchev–Trinajstić information content (AvgIpc) is 2.23. The van der Waals surface area contributed by atoms with Gasteiger partial charge >= 0.3 is 11.5 Å². The molecule has 0 bridgehead atoms. The van der Waals surface area contributed by atoms with Crippen molar-refractivity contribution >= 4 is 0 Å². The number of hydrogen-bond acceptors (Lipinski definition) is 0. The summed E-state index contributed by atoms with van der Waals surface area (Å²) in [5.41, 5.74) is 2.31. The van der Waals surface area contributed by atoms with Crippen LogP contribution in [0, 0.1) is 13.8 Å². The molecule has 0 saturated heterocycles. The standard InChI is InChI=1S/C13H13O/c1-10-8-9-13(14-11(10)2)12-6-4-3-5-7-12/h3-9H,1-2H3/q+1. The summed E-state index contributed by atoms with van der Waals surface area (Å²) in [6.45, 7) is 4.04. The lowest BCUT2D eigenvalue weighted by atomic mass is 10.1. The average molecular weight is 185 g/mol. The number of aryl methyl sites for hydroxylation is 2. The van der Waals surface area contributed by atoms with Gasteiger partial charge < -0.3 is 0 Å². The molecule has 1 nitrogen and oxygen atoms in total. The van der Waals surface area contributed by atoms with E-state index in [1.165, 1.54) is 5.56 Å². The SMILES string of the molecule is Cc1ccc(-c2ccccc2)[o+]c1C. The van der Waals surface area contributed by atoms with Gasteiger partial charge in [0.15, 0.2) is 0 Å². The molecule has 1 aromatic carbocycles. The molecular weight excluding hydrogens is 172 g/mol. The van der Waals surface area contributed by atoms with Crippen LogP contribution in [0.25, 0.3) is 11.3 Å². The van der Waals surface area contributed by atoms with Gasteiger partial charge in [-0.25, -0.2) is 4.42 Å². The number of hydrogen-bond donors (Lipinski definition) is 0. The Labute approximate surface area is 84.0 Å². The molecule has 1 aromatic heterocycles. The molecule has 70 valence electrons. The maximum atomic E-state index is 5.69. The quantitative estimate of drug-likeness (QED) is 0.614. The number of benzene rings is 1. The molecule has 1 heterocycles. The van der Waals surface area contributed by atoms with Crippen molar-refractivity contribution in [1.29, 1.82) is 0 Å². The summed E-state index contributed by atoms with van der Waals surface area (Å²) < 4.78 is 5.69. The van der Waals surface area contributed by atoms with Gasteiger partial charge in [0.25, 0.3) is 0 Å². The molecule has 0 saturated carbocycles. The van der Waals surface area contributed by atoms with Crippen molar-refractivity contribution in [2.45, 2.75) is 13.8 Å². The van der Waals surface area contributed by atoms with Crippen LogP contribution in [0.5, 0.6) is 0 Å². The molecule has 1 heteroatoms. The molecule has 0 N–H and O–H groups in total. The lowest BCUT2D eigenvalue weighted by Gasteiger charge is -1.92. The Hall–Kier alpha value is -1.63. The van der Waals surface area contributed by atoms with Gasteiger partial charge in [0, 0.05) is 11.6 Å². The van der Waals surface area contributed by atoms with Crippen LogP contribution < -0.4 is 0 Å². The maximum Gasteiger partial charge on any atom is 0.360 e. The van der Waals surface area contributed by atoms with Crippen LogP contribution in [0.1, 0.15) is 11.3 Å². The first-order valence-electron chi connectivity index (χ1n) is 4.73. The van der Waals surface area contributed by atoms with E-state index in [2.05, 4.69) is 6.07 Å². The Morgan fingerprint density at radius 1 is 0.857 bits per heavy atom. The first kappa shape index (κ1) is 8.95. The Morgan fingerprint density at radius 2 is 1.57 bits per heavy atom. The van der Waals surface area contributed by atoms with Crippen LogP contribution in [0.3, 0.4) is 0 Å².